The summed E-state index contributed by atoms with van der Waals surface area (Å²) in [5.41, 5.74) is 4.04. The lowest BCUT2D eigenvalue weighted by atomic mass is 10.2. The summed E-state index contributed by atoms with van der Waals surface area (Å²) in [6.45, 7) is 3.90. The first-order valence-corrected chi connectivity index (χ1v) is 7.60. The van der Waals surface area contributed by atoms with E-state index in [1.807, 2.05) is 38.1 Å². The molecule has 0 bridgehead atoms. The van der Waals surface area contributed by atoms with E-state index in [4.69, 9.17) is 16.3 Å². The Kier molecular flexibility index (Phi) is 4.01. The fourth-order valence-corrected chi connectivity index (χ4v) is 2.65. The van der Waals surface area contributed by atoms with Crippen molar-refractivity contribution < 1.29 is 9.53 Å². The second-order valence-corrected chi connectivity index (χ2v) is 5.94. The van der Waals surface area contributed by atoms with Crippen LogP contribution in [0, 0.1) is 13.8 Å². The van der Waals surface area contributed by atoms with Crippen LogP contribution in [0.15, 0.2) is 36.4 Å². The number of carbonyl (C=O) groups is 1. The highest BCUT2D eigenvalue weighted by molar-refractivity contribution is 6.31. The van der Waals surface area contributed by atoms with Crippen molar-refractivity contribution in [3.63, 3.8) is 0 Å². The number of aromatic amines is 1. The number of hydrogen-bond acceptors (Lipinski definition) is 2. The lowest BCUT2D eigenvalue weighted by molar-refractivity contribution is 0.102. The average Bonchev–Trinajstić information content (AvgIpc) is 2.93. The minimum absolute atomic E-state index is 0.223. The van der Waals surface area contributed by atoms with Crippen molar-refractivity contribution in [1.29, 1.82) is 0 Å². The number of aryl methyl sites for hydroxylation is 2. The van der Waals surface area contributed by atoms with Gasteiger partial charge in [0.25, 0.3) is 5.91 Å². The minimum atomic E-state index is -0.223. The van der Waals surface area contributed by atoms with Crippen LogP contribution in [0.4, 0.5) is 5.69 Å². The molecule has 3 aromatic rings. The molecule has 0 fully saturated rings. The fourth-order valence-electron chi connectivity index (χ4n) is 2.49. The van der Waals surface area contributed by atoms with E-state index in [1.165, 1.54) is 0 Å². The summed E-state index contributed by atoms with van der Waals surface area (Å²) >= 11 is 6.09. The topological polar surface area (TPSA) is 54.1 Å². The number of hydrogen-bond donors (Lipinski definition) is 2. The molecule has 2 aromatic carbocycles. The van der Waals surface area contributed by atoms with Gasteiger partial charge < -0.3 is 15.0 Å². The van der Waals surface area contributed by atoms with Crippen molar-refractivity contribution in [2.24, 2.45) is 0 Å². The van der Waals surface area contributed by atoms with Gasteiger partial charge in [-0.3, -0.25) is 4.79 Å². The van der Waals surface area contributed by atoms with Crippen LogP contribution in [0.3, 0.4) is 0 Å². The largest absolute Gasteiger partial charge is 0.495 e. The fraction of sp³-hybridized carbons (Fsp3) is 0.167. The molecule has 3 rings (SSSR count). The summed E-state index contributed by atoms with van der Waals surface area (Å²) < 4.78 is 5.28. The summed E-state index contributed by atoms with van der Waals surface area (Å²) in [4.78, 5) is 15.6. The third-order valence-electron chi connectivity index (χ3n) is 3.75. The van der Waals surface area contributed by atoms with E-state index < -0.39 is 0 Å². The van der Waals surface area contributed by atoms with E-state index >= 15 is 0 Å². The van der Waals surface area contributed by atoms with Crippen molar-refractivity contribution in [1.82, 2.24) is 4.98 Å². The number of aromatic nitrogens is 1. The summed E-state index contributed by atoms with van der Waals surface area (Å²) in [6.07, 6.45) is 0. The number of methoxy groups -OCH3 is 1. The molecule has 2 N–H and O–H groups in total. The number of H-pyrrole nitrogens is 1. The van der Waals surface area contributed by atoms with Gasteiger partial charge in [0, 0.05) is 22.0 Å². The van der Waals surface area contributed by atoms with Crippen LogP contribution >= 0.6 is 11.6 Å². The summed E-state index contributed by atoms with van der Waals surface area (Å²) in [5, 5.41) is 4.47. The number of benzene rings is 2. The third kappa shape index (κ3) is 3.03. The number of anilines is 1. The Hall–Kier alpha value is -2.46. The molecule has 0 radical (unpaired) electrons. The molecular formula is C18H17ClN2O2. The summed E-state index contributed by atoms with van der Waals surface area (Å²) in [5.74, 6) is 0.305. The molecule has 0 aliphatic heterocycles. The molecule has 1 amide bonds. The normalized spacial score (nSPS) is 10.8. The van der Waals surface area contributed by atoms with Crippen molar-refractivity contribution in [3.05, 3.63) is 58.2 Å². The van der Waals surface area contributed by atoms with Gasteiger partial charge in [0.15, 0.2) is 0 Å². The molecule has 0 aliphatic carbocycles. The van der Waals surface area contributed by atoms with E-state index in [0.29, 0.717) is 22.2 Å². The van der Waals surface area contributed by atoms with Crippen LogP contribution < -0.4 is 10.1 Å². The molecule has 0 saturated carbocycles. The van der Waals surface area contributed by atoms with Gasteiger partial charge >= 0.3 is 0 Å². The highest BCUT2D eigenvalue weighted by Crippen LogP contribution is 2.31. The van der Waals surface area contributed by atoms with E-state index in [1.54, 1.807) is 19.2 Å². The van der Waals surface area contributed by atoms with Gasteiger partial charge in [-0.1, -0.05) is 23.2 Å². The monoisotopic (exact) mass is 328 g/mol. The van der Waals surface area contributed by atoms with Crippen LogP contribution in [0.5, 0.6) is 5.75 Å². The standard InChI is InChI=1S/C18H17ClN2O2/c1-10-4-5-14-12(6-10)8-16(20-14)18(22)21-15-7-11(2)13(19)9-17(15)23-3/h4-9,20H,1-3H3,(H,21,22). The SMILES string of the molecule is COc1cc(Cl)c(C)cc1NC(=O)c1cc2cc(C)ccc2[nH]1. The van der Waals surface area contributed by atoms with Crippen molar-refractivity contribution >= 4 is 34.1 Å². The Morgan fingerprint density at radius 1 is 1.17 bits per heavy atom. The maximum atomic E-state index is 12.5. The number of nitrogens with one attached hydrogen (secondary N) is 2. The molecule has 0 unspecified atom stereocenters. The first-order valence-electron chi connectivity index (χ1n) is 7.23. The van der Waals surface area contributed by atoms with E-state index in [9.17, 15) is 4.79 Å². The lowest BCUT2D eigenvalue weighted by Gasteiger charge is -2.11. The second kappa shape index (κ2) is 5.97. The number of fused-ring (bicyclic) bond motifs is 1. The first kappa shape index (κ1) is 15.4. The molecule has 4 nitrogen and oxygen atoms in total. The summed E-state index contributed by atoms with van der Waals surface area (Å²) in [7, 11) is 1.54. The molecule has 0 saturated heterocycles. The van der Waals surface area contributed by atoms with Crippen LogP contribution in [0.2, 0.25) is 5.02 Å². The Morgan fingerprint density at radius 3 is 2.70 bits per heavy atom. The smallest absolute Gasteiger partial charge is 0.272 e. The third-order valence-corrected chi connectivity index (χ3v) is 4.16. The van der Waals surface area contributed by atoms with Crippen LogP contribution in [0.1, 0.15) is 21.6 Å². The maximum absolute atomic E-state index is 12.5. The molecule has 0 aliphatic rings. The Morgan fingerprint density at radius 2 is 1.96 bits per heavy atom. The Labute approximate surface area is 139 Å². The molecular weight excluding hydrogens is 312 g/mol. The lowest BCUT2D eigenvalue weighted by Crippen LogP contribution is -2.13. The number of carbonyl (C=O) groups excluding carboxylic acids is 1. The van der Waals surface area contributed by atoms with Gasteiger partial charge in [-0.2, -0.15) is 0 Å². The number of halogens is 1. The van der Waals surface area contributed by atoms with Crippen molar-refractivity contribution in [2.75, 3.05) is 12.4 Å². The van der Waals surface area contributed by atoms with Gasteiger partial charge in [-0.15, -0.1) is 0 Å². The van der Waals surface area contributed by atoms with E-state index in [-0.39, 0.29) is 5.91 Å². The molecule has 1 aromatic heterocycles. The Balaban J connectivity index is 1.93. The second-order valence-electron chi connectivity index (χ2n) is 5.53. The van der Waals surface area contributed by atoms with Gasteiger partial charge in [-0.25, -0.2) is 0 Å². The zero-order chi connectivity index (χ0) is 16.6. The van der Waals surface area contributed by atoms with Crippen LogP contribution in [0.25, 0.3) is 10.9 Å². The van der Waals surface area contributed by atoms with Crippen LogP contribution in [-0.4, -0.2) is 18.0 Å². The summed E-state index contributed by atoms with van der Waals surface area (Å²) in [6, 6.07) is 11.3. The van der Waals surface area contributed by atoms with Crippen molar-refractivity contribution in [2.45, 2.75) is 13.8 Å². The van der Waals surface area contributed by atoms with Crippen LogP contribution in [-0.2, 0) is 0 Å². The molecule has 23 heavy (non-hydrogen) atoms. The van der Waals surface area contributed by atoms with Gasteiger partial charge in [0.2, 0.25) is 0 Å². The molecule has 0 spiro atoms. The molecule has 0 atom stereocenters. The minimum Gasteiger partial charge on any atom is -0.495 e. The predicted molar refractivity (Wildman–Crippen MR) is 93.7 cm³/mol. The zero-order valence-electron chi connectivity index (χ0n) is 13.2. The highest BCUT2D eigenvalue weighted by atomic mass is 35.5. The number of amides is 1. The average molecular weight is 329 g/mol. The molecule has 118 valence electrons. The predicted octanol–water partition coefficient (Wildman–Crippen LogP) is 4.70. The maximum Gasteiger partial charge on any atom is 0.272 e. The first-order chi connectivity index (χ1) is 11.0. The van der Waals surface area contributed by atoms with Gasteiger partial charge in [-0.05, 0) is 43.7 Å². The molecule has 1 heterocycles. The number of rotatable bonds is 3. The quantitative estimate of drug-likeness (QED) is 0.732. The zero-order valence-corrected chi connectivity index (χ0v) is 13.9. The van der Waals surface area contributed by atoms with Gasteiger partial charge in [0.1, 0.15) is 11.4 Å². The highest BCUT2D eigenvalue weighted by Gasteiger charge is 2.14. The van der Waals surface area contributed by atoms with Gasteiger partial charge in [0.05, 0.1) is 12.8 Å². The van der Waals surface area contributed by atoms with E-state index in [0.717, 1.165) is 22.0 Å². The Bertz CT molecular complexity index is 899. The van der Waals surface area contributed by atoms with Crippen molar-refractivity contribution in [3.8, 4) is 5.75 Å². The number of ether oxygens (including phenoxy) is 1. The molecule has 5 heteroatoms. The van der Waals surface area contributed by atoms with E-state index in [2.05, 4.69) is 10.3 Å².